The highest BCUT2D eigenvalue weighted by molar-refractivity contribution is 5.89. The van der Waals surface area contributed by atoms with E-state index in [1.54, 1.807) is 14.0 Å². The van der Waals surface area contributed by atoms with E-state index in [0.717, 1.165) is 5.56 Å². The van der Waals surface area contributed by atoms with Gasteiger partial charge in [-0.25, -0.2) is 4.79 Å². The van der Waals surface area contributed by atoms with Crippen molar-refractivity contribution < 1.29 is 28.9 Å². The minimum Gasteiger partial charge on any atom is -0.497 e. The molecule has 1 atom stereocenters. The molecule has 1 unspecified atom stereocenters. The Morgan fingerprint density at radius 1 is 1.38 bits per heavy atom. The average Bonchev–Trinajstić information content (AvgIpc) is 2.60. The molecular weight excluding hydrogens is 314 g/mol. The molecule has 1 aromatic rings. The van der Waals surface area contributed by atoms with Gasteiger partial charge in [0.2, 0.25) is 5.91 Å². The number of carboxylic acid groups (broad SMARTS) is 1. The van der Waals surface area contributed by atoms with Gasteiger partial charge in [0.15, 0.2) is 0 Å². The van der Waals surface area contributed by atoms with Crippen LogP contribution >= 0.6 is 0 Å². The summed E-state index contributed by atoms with van der Waals surface area (Å²) in [5, 5.41) is 12.1. The molecule has 0 aliphatic carbocycles. The summed E-state index contributed by atoms with van der Waals surface area (Å²) in [5.74, 6) is -0.776. The first-order chi connectivity index (χ1) is 11.5. The molecule has 2 N–H and O–H groups in total. The van der Waals surface area contributed by atoms with Gasteiger partial charge in [0, 0.05) is 26.1 Å². The molecule has 0 bridgehead atoms. The molecule has 7 heteroatoms. The number of carboxylic acids is 1. The molecule has 2 rings (SSSR count). The maximum atomic E-state index is 12.3. The summed E-state index contributed by atoms with van der Waals surface area (Å²) in [5.41, 5.74) is -0.406. The first kappa shape index (κ1) is 18.2. The first-order valence-corrected chi connectivity index (χ1v) is 7.84. The Bertz CT molecular complexity index is 582. The molecule has 1 aliphatic rings. The summed E-state index contributed by atoms with van der Waals surface area (Å²) >= 11 is 0. The molecule has 1 amide bonds. The molecule has 0 saturated carbocycles. The minimum absolute atomic E-state index is 0.231. The Labute approximate surface area is 140 Å². The second-order valence-corrected chi connectivity index (χ2v) is 5.79. The Morgan fingerprint density at radius 3 is 2.71 bits per heavy atom. The van der Waals surface area contributed by atoms with Gasteiger partial charge in [-0.2, -0.15) is 0 Å². The van der Waals surface area contributed by atoms with E-state index in [4.69, 9.17) is 14.2 Å². The molecule has 7 nitrogen and oxygen atoms in total. The maximum absolute atomic E-state index is 12.3. The number of hydrogen-bond donors (Lipinski definition) is 2. The molecule has 1 saturated heterocycles. The molecule has 0 spiro atoms. The zero-order valence-corrected chi connectivity index (χ0v) is 13.9. The molecule has 1 fully saturated rings. The standard InChI is InChI=1S/C17H23NO6/c1-12(24-11-13-4-3-5-14(10-13)22-2)15(19)18-17(16(20)21)6-8-23-9-7-17/h3-5,10,12H,6-9,11H2,1-2H3,(H,18,19)(H,20,21). The van der Waals surface area contributed by atoms with Crippen LogP contribution in [0.4, 0.5) is 0 Å². The van der Waals surface area contributed by atoms with Gasteiger partial charge in [-0.3, -0.25) is 4.79 Å². The third-order valence-corrected chi connectivity index (χ3v) is 4.12. The van der Waals surface area contributed by atoms with Crippen molar-refractivity contribution in [1.82, 2.24) is 5.32 Å². The fourth-order valence-electron chi connectivity index (χ4n) is 2.51. The number of carbonyl (C=O) groups is 2. The maximum Gasteiger partial charge on any atom is 0.329 e. The summed E-state index contributed by atoms with van der Waals surface area (Å²) in [6.45, 7) is 2.45. The number of rotatable bonds is 7. The predicted molar refractivity (Wildman–Crippen MR) is 85.8 cm³/mol. The van der Waals surface area contributed by atoms with E-state index in [-0.39, 0.29) is 19.4 Å². The van der Waals surface area contributed by atoms with Gasteiger partial charge in [-0.15, -0.1) is 0 Å². The summed E-state index contributed by atoms with van der Waals surface area (Å²) < 4.78 is 15.9. The first-order valence-electron chi connectivity index (χ1n) is 7.84. The van der Waals surface area contributed by atoms with Crippen LogP contribution in [0.15, 0.2) is 24.3 Å². The van der Waals surface area contributed by atoms with Crippen molar-refractivity contribution in [3.05, 3.63) is 29.8 Å². The monoisotopic (exact) mass is 337 g/mol. The summed E-state index contributed by atoms with van der Waals surface area (Å²) in [4.78, 5) is 23.9. The zero-order chi connectivity index (χ0) is 17.6. The topological polar surface area (TPSA) is 94.1 Å². The molecule has 24 heavy (non-hydrogen) atoms. The Balaban J connectivity index is 1.92. The van der Waals surface area contributed by atoms with E-state index in [1.807, 2.05) is 24.3 Å². The van der Waals surface area contributed by atoms with Crippen LogP contribution in [0.3, 0.4) is 0 Å². The molecular formula is C17H23NO6. The SMILES string of the molecule is COc1cccc(COC(C)C(=O)NC2(C(=O)O)CCOCC2)c1. The Kier molecular flexibility index (Phi) is 6.16. The van der Waals surface area contributed by atoms with E-state index >= 15 is 0 Å². The minimum atomic E-state index is -1.27. The van der Waals surface area contributed by atoms with Gasteiger partial charge in [0.05, 0.1) is 13.7 Å². The quantitative estimate of drug-likeness (QED) is 0.780. The lowest BCUT2D eigenvalue weighted by molar-refractivity contribution is -0.154. The van der Waals surface area contributed by atoms with Crippen LogP contribution < -0.4 is 10.1 Å². The number of amides is 1. The van der Waals surface area contributed by atoms with Crippen molar-refractivity contribution in [2.45, 2.75) is 38.0 Å². The number of methoxy groups -OCH3 is 1. The van der Waals surface area contributed by atoms with Crippen LogP contribution in [-0.4, -0.2) is 48.9 Å². The number of carbonyl (C=O) groups excluding carboxylic acids is 1. The van der Waals surface area contributed by atoms with Crippen molar-refractivity contribution in [1.29, 1.82) is 0 Å². The largest absolute Gasteiger partial charge is 0.497 e. The number of nitrogens with one attached hydrogen (secondary N) is 1. The van der Waals surface area contributed by atoms with Gasteiger partial charge in [-0.05, 0) is 24.6 Å². The molecule has 0 aromatic heterocycles. The van der Waals surface area contributed by atoms with Crippen molar-refractivity contribution >= 4 is 11.9 Å². The smallest absolute Gasteiger partial charge is 0.329 e. The van der Waals surface area contributed by atoms with Crippen LogP contribution in [0, 0.1) is 0 Å². The van der Waals surface area contributed by atoms with E-state index in [2.05, 4.69) is 5.32 Å². The lowest BCUT2D eigenvalue weighted by Crippen LogP contribution is -2.59. The highest BCUT2D eigenvalue weighted by Gasteiger charge is 2.42. The zero-order valence-electron chi connectivity index (χ0n) is 13.9. The van der Waals surface area contributed by atoms with Crippen LogP contribution in [-0.2, 0) is 25.7 Å². The van der Waals surface area contributed by atoms with Crippen molar-refractivity contribution in [2.24, 2.45) is 0 Å². The number of benzene rings is 1. The molecule has 1 aliphatic heterocycles. The van der Waals surface area contributed by atoms with Crippen molar-refractivity contribution in [3.8, 4) is 5.75 Å². The lowest BCUT2D eigenvalue weighted by Gasteiger charge is -2.34. The van der Waals surface area contributed by atoms with Crippen LogP contribution in [0.5, 0.6) is 5.75 Å². The highest BCUT2D eigenvalue weighted by atomic mass is 16.5. The van der Waals surface area contributed by atoms with Crippen molar-refractivity contribution in [2.75, 3.05) is 20.3 Å². The second kappa shape index (κ2) is 8.12. The Hall–Kier alpha value is -2.12. The van der Waals surface area contributed by atoms with E-state index in [9.17, 15) is 14.7 Å². The molecule has 1 heterocycles. The number of aliphatic carboxylic acids is 1. The number of ether oxygens (including phenoxy) is 3. The third kappa shape index (κ3) is 4.46. The Morgan fingerprint density at radius 2 is 2.08 bits per heavy atom. The molecule has 0 radical (unpaired) electrons. The summed E-state index contributed by atoms with van der Waals surface area (Å²) in [7, 11) is 1.58. The van der Waals surface area contributed by atoms with E-state index in [1.165, 1.54) is 0 Å². The van der Waals surface area contributed by atoms with Crippen LogP contribution in [0.25, 0.3) is 0 Å². The van der Waals surface area contributed by atoms with Gasteiger partial charge in [0.25, 0.3) is 0 Å². The van der Waals surface area contributed by atoms with Crippen molar-refractivity contribution in [3.63, 3.8) is 0 Å². The highest BCUT2D eigenvalue weighted by Crippen LogP contribution is 2.21. The second-order valence-electron chi connectivity index (χ2n) is 5.79. The normalized spacial score (nSPS) is 17.8. The molecule has 1 aromatic carbocycles. The van der Waals surface area contributed by atoms with E-state index in [0.29, 0.717) is 19.0 Å². The number of hydrogen-bond acceptors (Lipinski definition) is 5. The average molecular weight is 337 g/mol. The summed E-state index contributed by atoms with van der Waals surface area (Å²) in [6.07, 6.45) is -0.275. The molecule has 132 valence electrons. The van der Waals surface area contributed by atoms with Crippen LogP contribution in [0.1, 0.15) is 25.3 Å². The van der Waals surface area contributed by atoms with E-state index < -0.39 is 23.5 Å². The fourth-order valence-corrected chi connectivity index (χ4v) is 2.51. The lowest BCUT2D eigenvalue weighted by atomic mass is 9.90. The predicted octanol–water partition coefficient (Wildman–Crippen LogP) is 1.35. The van der Waals surface area contributed by atoms with Gasteiger partial charge >= 0.3 is 5.97 Å². The summed E-state index contributed by atoms with van der Waals surface area (Å²) in [6, 6.07) is 7.34. The third-order valence-electron chi connectivity index (χ3n) is 4.12. The van der Waals surface area contributed by atoms with Gasteiger partial charge in [-0.1, -0.05) is 12.1 Å². The fraction of sp³-hybridized carbons (Fsp3) is 0.529. The van der Waals surface area contributed by atoms with Gasteiger partial charge < -0.3 is 24.6 Å². The van der Waals surface area contributed by atoms with Crippen LogP contribution in [0.2, 0.25) is 0 Å². The van der Waals surface area contributed by atoms with Gasteiger partial charge in [0.1, 0.15) is 17.4 Å².